The second kappa shape index (κ2) is 7.50. The summed E-state index contributed by atoms with van der Waals surface area (Å²) in [5, 5.41) is 5.55. The molecule has 0 heterocycles. The molecule has 0 aromatic heterocycles. The number of carbonyl (C=O) groups is 1. The molecule has 0 fully saturated rings. The van der Waals surface area contributed by atoms with Crippen LogP contribution >= 0.6 is 0 Å². The summed E-state index contributed by atoms with van der Waals surface area (Å²) in [4.78, 5) is 10.6. The lowest BCUT2D eigenvalue weighted by atomic mass is 10.6. The smallest absolute Gasteiger partial charge is 0.245 e. The Morgan fingerprint density at radius 3 is 2.82 bits per heavy atom. The van der Waals surface area contributed by atoms with Crippen LogP contribution in [0.5, 0.6) is 0 Å². The zero-order chi connectivity index (χ0) is 8.53. The third-order valence-electron chi connectivity index (χ3n) is 1.19. The van der Waals surface area contributed by atoms with Crippen LogP contribution in [0.3, 0.4) is 0 Å². The van der Waals surface area contributed by atoms with Crippen molar-refractivity contribution in [1.29, 1.82) is 0 Å². The molecule has 0 radical (unpaired) electrons. The monoisotopic (exact) mass is 160 g/mol. The molecule has 0 atom stereocenters. The van der Waals surface area contributed by atoms with Crippen LogP contribution in [0.15, 0.2) is 0 Å². The van der Waals surface area contributed by atoms with Crippen LogP contribution in [0.4, 0.5) is 0 Å². The Hall–Kier alpha value is -0.610. The SMILES string of the molecule is CCNCCOCC(=O)NC. The molecule has 0 unspecified atom stereocenters. The molecular weight excluding hydrogens is 144 g/mol. The minimum absolute atomic E-state index is 0.0819. The fourth-order valence-electron chi connectivity index (χ4n) is 0.558. The summed E-state index contributed by atoms with van der Waals surface area (Å²) in [6.07, 6.45) is 0. The number of carbonyl (C=O) groups excluding carboxylic acids is 1. The number of hydrogen-bond acceptors (Lipinski definition) is 3. The van der Waals surface area contributed by atoms with Gasteiger partial charge in [0, 0.05) is 13.6 Å². The summed E-state index contributed by atoms with van der Waals surface area (Å²) in [6.45, 7) is 4.50. The average Bonchev–Trinajstić information content (AvgIpc) is 2.04. The van der Waals surface area contributed by atoms with Crippen LogP contribution in [-0.2, 0) is 9.53 Å². The number of likely N-dealkylation sites (N-methyl/N-ethyl adjacent to an activating group) is 2. The van der Waals surface area contributed by atoms with E-state index in [-0.39, 0.29) is 12.5 Å². The average molecular weight is 160 g/mol. The second-order valence-corrected chi connectivity index (χ2v) is 2.08. The van der Waals surface area contributed by atoms with Crippen molar-refractivity contribution in [3.63, 3.8) is 0 Å². The summed E-state index contributed by atoms with van der Waals surface area (Å²) in [5.41, 5.74) is 0. The van der Waals surface area contributed by atoms with Gasteiger partial charge in [-0.05, 0) is 6.54 Å². The van der Waals surface area contributed by atoms with Gasteiger partial charge in [-0.2, -0.15) is 0 Å². The first-order chi connectivity index (χ1) is 5.31. The zero-order valence-corrected chi connectivity index (χ0v) is 7.14. The van der Waals surface area contributed by atoms with Gasteiger partial charge in [-0.25, -0.2) is 0 Å². The highest BCUT2D eigenvalue weighted by Crippen LogP contribution is 1.72. The summed E-state index contributed by atoms with van der Waals surface area (Å²) < 4.78 is 5.01. The summed E-state index contributed by atoms with van der Waals surface area (Å²) >= 11 is 0. The Balaban J connectivity index is 2.95. The molecular formula is C7H16N2O2. The van der Waals surface area contributed by atoms with Gasteiger partial charge in [0.05, 0.1) is 6.61 Å². The Morgan fingerprint density at radius 1 is 1.55 bits per heavy atom. The van der Waals surface area contributed by atoms with Crippen molar-refractivity contribution in [2.45, 2.75) is 6.92 Å². The molecule has 0 rings (SSSR count). The van der Waals surface area contributed by atoms with E-state index in [0.29, 0.717) is 6.61 Å². The molecule has 11 heavy (non-hydrogen) atoms. The van der Waals surface area contributed by atoms with E-state index >= 15 is 0 Å². The fraction of sp³-hybridized carbons (Fsp3) is 0.857. The van der Waals surface area contributed by atoms with E-state index in [1.165, 1.54) is 0 Å². The van der Waals surface area contributed by atoms with Crippen molar-refractivity contribution in [3.8, 4) is 0 Å². The summed E-state index contributed by atoms with van der Waals surface area (Å²) in [5.74, 6) is -0.0819. The van der Waals surface area contributed by atoms with Gasteiger partial charge in [0.15, 0.2) is 0 Å². The normalized spacial score (nSPS) is 9.64. The first kappa shape index (κ1) is 10.4. The molecule has 66 valence electrons. The fourth-order valence-corrected chi connectivity index (χ4v) is 0.558. The van der Waals surface area contributed by atoms with Gasteiger partial charge in [-0.1, -0.05) is 6.92 Å². The lowest BCUT2D eigenvalue weighted by Gasteiger charge is -2.02. The highest BCUT2D eigenvalue weighted by molar-refractivity contribution is 5.76. The lowest BCUT2D eigenvalue weighted by Crippen LogP contribution is -2.26. The van der Waals surface area contributed by atoms with Gasteiger partial charge in [0.2, 0.25) is 5.91 Å². The van der Waals surface area contributed by atoms with Crippen molar-refractivity contribution in [1.82, 2.24) is 10.6 Å². The van der Waals surface area contributed by atoms with Gasteiger partial charge in [0.1, 0.15) is 6.61 Å². The standard InChI is InChI=1S/C7H16N2O2/c1-3-9-4-5-11-6-7(10)8-2/h9H,3-6H2,1-2H3,(H,8,10). The summed E-state index contributed by atoms with van der Waals surface area (Å²) in [6, 6.07) is 0. The molecule has 2 N–H and O–H groups in total. The van der Waals surface area contributed by atoms with Crippen LogP contribution in [0.2, 0.25) is 0 Å². The first-order valence-electron chi connectivity index (χ1n) is 3.80. The molecule has 0 aliphatic heterocycles. The maximum Gasteiger partial charge on any atom is 0.245 e. The third-order valence-corrected chi connectivity index (χ3v) is 1.19. The van der Waals surface area contributed by atoms with Crippen LogP contribution in [0, 0.1) is 0 Å². The Bertz CT molecular complexity index is 107. The quantitative estimate of drug-likeness (QED) is 0.508. The number of hydrogen-bond donors (Lipinski definition) is 2. The highest BCUT2D eigenvalue weighted by Gasteiger charge is 1.95. The number of rotatable bonds is 6. The molecule has 0 aliphatic carbocycles. The van der Waals surface area contributed by atoms with Crippen LogP contribution in [0.25, 0.3) is 0 Å². The Labute approximate surface area is 67.3 Å². The maximum absolute atomic E-state index is 10.6. The molecule has 0 saturated heterocycles. The van der Waals surface area contributed by atoms with E-state index in [0.717, 1.165) is 13.1 Å². The lowest BCUT2D eigenvalue weighted by molar-refractivity contribution is -0.125. The van der Waals surface area contributed by atoms with E-state index < -0.39 is 0 Å². The molecule has 4 nitrogen and oxygen atoms in total. The van der Waals surface area contributed by atoms with Crippen molar-refractivity contribution in [3.05, 3.63) is 0 Å². The van der Waals surface area contributed by atoms with Gasteiger partial charge in [0.25, 0.3) is 0 Å². The maximum atomic E-state index is 10.6. The second-order valence-electron chi connectivity index (χ2n) is 2.08. The van der Waals surface area contributed by atoms with Gasteiger partial charge < -0.3 is 15.4 Å². The third kappa shape index (κ3) is 7.29. The first-order valence-corrected chi connectivity index (χ1v) is 3.80. The van der Waals surface area contributed by atoms with Crippen LogP contribution in [-0.4, -0.2) is 39.3 Å². The summed E-state index contributed by atoms with van der Waals surface area (Å²) in [7, 11) is 1.59. The molecule has 1 amide bonds. The highest BCUT2D eigenvalue weighted by atomic mass is 16.5. The Morgan fingerprint density at radius 2 is 2.27 bits per heavy atom. The van der Waals surface area contributed by atoms with Crippen molar-refractivity contribution in [2.75, 3.05) is 33.4 Å². The zero-order valence-electron chi connectivity index (χ0n) is 7.14. The van der Waals surface area contributed by atoms with E-state index in [1.54, 1.807) is 7.05 Å². The molecule has 4 heteroatoms. The predicted molar refractivity (Wildman–Crippen MR) is 43.4 cm³/mol. The molecule has 0 bridgehead atoms. The van der Waals surface area contributed by atoms with E-state index in [1.807, 2.05) is 6.92 Å². The molecule has 0 aromatic rings. The van der Waals surface area contributed by atoms with Crippen molar-refractivity contribution < 1.29 is 9.53 Å². The van der Waals surface area contributed by atoms with Crippen molar-refractivity contribution in [2.24, 2.45) is 0 Å². The minimum Gasteiger partial charge on any atom is -0.370 e. The Kier molecular flexibility index (Phi) is 7.08. The topological polar surface area (TPSA) is 50.4 Å². The molecule has 0 aliphatic rings. The predicted octanol–water partition coefficient (Wildman–Crippen LogP) is -0.641. The molecule has 0 spiro atoms. The van der Waals surface area contributed by atoms with Crippen LogP contribution in [0.1, 0.15) is 6.92 Å². The number of amides is 1. The van der Waals surface area contributed by atoms with Crippen LogP contribution < -0.4 is 10.6 Å². The van der Waals surface area contributed by atoms with Gasteiger partial charge in [-0.15, -0.1) is 0 Å². The largest absolute Gasteiger partial charge is 0.370 e. The molecule has 0 saturated carbocycles. The number of nitrogens with one attached hydrogen (secondary N) is 2. The minimum atomic E-state index is -0.0819. The van der Waals surface area contributed by atoms with Gasteiger partial charge in [-0.3, -0.25) is 4.79 Å². The van der Waals surface area contributed by atoms with Crippen molar-refractivity contribution >= 4 is 5.91 Å². The molecule has 0 aromatic carbocycles. The van der Waals surface area contributed by atoms with E-state index in [4.69, 9.17) is 4.74 Å². The van der Waals surface area contributed by atoms with Gasteiger partial charge >= 0.3 is 0 Å². The van der Waals surface area contributed by atoms with E-state index in [2.05, 4.69) is 10.6 Å². The number of ether oxygens (including phenoxy) is 1. The van der Waals surface area contributed by atoms with E-state index in [9.17, 15) is 4.79 Å².